The molecule has 0 aromatic rings. The van der Waals surface area contributed by atoms with Crippen molar-refractivity contribution in [3.8, 4) is 0 Å². The van der Waals surface area contributed by atoms with Gasteiger partial charge in [0.05, 0.1) is 24.3 Å². The molecule has 1 aliphatic rings. The lowest BCUT2D eigenvalue weighted by atomic mass is 9.97. The summed E-state index contributed by atoms with van der Waals surface area (Å²) < 4.78 is 4.93. The van der Waals surface area contributed by atoms with Crippen LogP contribution in [0, 0.1) is 0 Å². The number of nitrogens with two attached hydrogens (primary N) is 2. The molecule has 11 heavy (non-hydrogen) atoms. The number of ether oxygens (including phenoxy) is 1. The zero-order valence-corrected chi connectivity index (χ0v) is 6.34. The fourth-order valence-electron chi connectivity index (χ4n) is 1.10. The van der Waals surface area contributed by atoms with E-state index in [1.807, 2.05) is 0 Å². The van der Waals surface area contributed by atoms with Crippen molar-refractivity contribution in [2.24, 2.45) is 11.5 Å². The molecule has 5 heteroatoms. The first kappa shape index (κ1) is 8.89. The molecule has 5 nitrogen and oxygen atoms in total. The molecule has 1 heterocycles. The molecule has 6 N–H and O–H groups in total. The fraction of sp³-hybridized carbons (Fsp3) is 1.00. The molecule has 66 valence electrons. The molecule has 0 amide bonds. The van der Waals surface area contributed by atoms with E-state index in [-0.39, 0.29) is 6.10 Å². The van der Waals surface area contributed by atoms with E-state index in [9.17, 15) is 5.11 Å². The molecule has 0 aliphatic carbocycles. The van der Waals surface area contributed by atoms with Gasteiger partial charge in [-0.2, -0.15) is 0 Å². The highest BCUT2D eigenvalue weighted by Crippen LogP contribution is 2.15. The average molecular weight is 162 g/mol. The van der Waals surface area contributed by atoms with Gasteiger partial charge in [-0.3, -0.25) is 0 Å². The van der Waals surface area contributed by atoms with Gasteiger partial charge in [0.15, 0.2) is 6.29 Å². The molecule has 0 spiro atoms. The Hall–Kier alpha value is -0.200. The molecule has 0 radical (unpaired) electrons. The predicted octanol–water partition coefficient (Wildman–Crippen LogP) is -2.26. The Balaban J connectivity index is 2.63. The first-order valence-corrected chi connectivity index (χ1v) is 3.57. The van der Waals surface area contributed by atoms with Crippen LogP contribution in [0.2, 0.25) is 0 Å². The minimum Gasteiger partial charge on any atom is -0.390 e. The Morgan fingerprint density at radius 3 is 2.27 bits per heavy atom. The largest absolute Gasteiger partial charge is 0.390 e. The maximum Gasteiger partial charge on any atom is 0.172 e. The molecule has 1 rings (SSSR count). The summed E-state index contributed by atoms with van der Waals surface area (Å²) in [7, 11) is 0. The highest BCUT2D eigenvalue weighted by Gasteiger charge is 2.38. The molecule has 5 atom stereocenters. The second-order valence-corrected chi connectivity index (χ2v) is 2.88. The van der Waals surface area contributed by atoms with Crippen LogP contribution in [0.4, 0.5) is 0 Å². The maximum absolute atomic E-state index is 9.30. The van der Waals surface area contributed by atoms with Gasteiger partial charge in [0.25, 0.3) is 0 Å². The molecule has 1 aliphatic heterocycles. The summed E-state index contributed by atoms with van der Waals surface area (Å²) >= 11 is 0. The zero-order valence-electron chi connectivity index (χ0n) is 6.34. The third-order valence-corrected chi connectivity index (χ3v) is 2.01. The van der Waals surface area contributed by atoms with Gasteiger partial charge in [0.1, 0.15) is 0 Å². The van der Waals surface area contributed by atoms with Crippen molar-refractivity contribution >= 4 is 0 Å². The lowest BCUT2D eigenvalue weighted by molar-refractivity contribution is -0.202. The van der Waals surface area contributed by atoms with E-state index in [1.54, 1.807) is 6.92 Å². The Morgan fingerprint density at radius 1 is 1.18 bits per heavy atom. The third kappa shape index (κ3) is 1.52. The van der Waals surface area contributed by atoms with E-state index < -0.39 is 24.5 Å². The summed E-state index contributed by atoms with van der Waals surface area (Å²) in [6, 6.07) is -1.32. The van der Waals surface area contributed by atoms with E-state index >= 15 is 0 Å². The van der Waals surface area contributed by atoms with Gasteiger partial charge in [-0.25, -0.2) is 0 Å². The minimum absolute atomic E-state index is 0.361. The highest BCUT2D eigenvalue weighted by atomic mass is 16.6. The van der Waals surface area contributed by atoms with Gasteiger partial charge in [-0.15, -0.1) is 0 Å². The van der Waals surface area contributed by atoms with Crippen molar-refractivity contribution in [2.45, 2.75) is 37.5 Å². The normalized spacial score (nSPS) is 52.6. The number of rotatable bonds is 0. The van der Waals surface area contributed by atoms with Crippen molar-refractivity contribution in [2.75, 3.05) is 0 Å². The van der Waals surface area contributed by atoms with Crippen LogP contribution in [0.3, 0.4) is 0 Å². The topological polar surface area (TPSA) is 102 Å². The van der Waals surface area contributed by atoms with Crippen molar-refractivity contribution < 1.29 is 14.9 Å². The van der Waals surface area contributed by atoms with E-state index in [0.29, 0.717) is 0 Å². The minimum atomic E-state index is -1.11. The second-order valence-electron chi connectivity index (χ2n) is 2.88. The quantitative estimate of drug-likeness (QED) is 0.322. The van der Waals surface area contributed by atoms with Gasteiger partial charge < -0.3 is 26.4 Å². The van der Waals surface area contributed by atoms with Gasteiger partial charge in [0.2, 0.25) is 0 Å². The average Bonchev–Trinajstić information content (AvgIpc) is 1.97. The first-order chi connectivity index (χ1) is 5.04. The zero-order chi connectivity index (χ0) is 8.59. The molecule has 0 aromatic carbocycles. The van der Waals surface area contributed by atoms with Crippen LogP contribution in [-0.2, 0) is 4.74 Å². The molecule has 1 fully saturated rings. The Bertz CT molecular complexity index is 130. The van der Waals surface area contributed by atoms with E-state index in [2.05, 4.69) is 0 Å². The van der Waals surface area contributed by atoms with E-state index in [1.165, 1.54) is 0 Å². The molecule has 0 unspecified atom stereocenters. The van der Waals surface area contributed by atoms with Crippen molar-refractivity contribution in [3.05, 3.63) is 0 Å². The summed E-state index contributed by atoms with van der Waals surface area (Å²) in [6.07, 6.45) is -2.37. The van der Waals surface area contributed by atoms with Crippen LogP contribution < -0.4 is 11.5 Å². The van der Waals surface area contributed by atoms with Crippen LogP contribution in [0.25, 0.3) is 0 Å². The van der Waals surface area contributed by atoms with Crippen molar-refractivity contribution in [1.82, 2.24) is 0 Å². The molecular weight excluding hydrogens is 148 g/mol. The lowest BCUT2D eigenvalue weighted by Crippen LogP contribution is -2.63. The van der Waals surface area contributed by atoms with Crippen molar-refractivity contribution in [1.29, 1.82) is 0 Å². The molecule has 0 bridgehead atoms. The van der Waals surface area contributed by atoms with Crippen LogP contribution in [0.1, 0.15) is 6.92 Å². The Morgan fingerprint density at radius 2 is 1.73 bits per heavy atom. The smallest absolute Gasteiger partial charge is 0.172 e. The van der Waals surface area contributed by atoms with Crippen LogP contribution in [-0.4, -0.2) is 40.8 Å². The summed E-state index contributed by atoms with van der Waals surface area (Å²) in [5, 5.41) is 18.4. The second kappa shape index (κ2) is 3.04. The van der Waals surface area contributed by atoms with Gasteiger partial charge in [-0.05, 0) is 6.92 Å². The summed E-state index contributed by atoms with van der Waals surface area (Å²) in [5.74, 6) is 0. The van der Waals surface area contributed by atoms with E-state index in [4.69, 9.17) is 21.3 Å². The van der Waals surface area contributed by atoms with Gasteiger partial charge in [-0.1, -0.05) is 0 Å². The molecule has 0 aromatic heterocycles. The van der Waals surface area contributed by atoms with Crippen LogP contribution in [0.15, 0.2) is 0 Å². The van der Waals surface area contributed by atoms with Crippen molar-refractivity contribution in [3.63, 3.8) is 0 Å². The maximum atomic E-state index is 9.30. The number of aliphatic hydroxyl groups excluding tert-OH is 2. The SMILES string of the molecule is C[C@H]1O[C@@H](O)[C@H](N)[C@@H](O)[C@@H]1N. The highest BCUT2D eigenvalue weighted by molar-refractivity contribution is 4.91. The van der Waals surface area contributed by atoms with Crippen LogP contribution >= 0.6 is 0 Å². The van der Waals surface area contributed by atoms with E-state index in [0.717, 1.165) is 0 Å². The predicted molar refractivity (Wildman–Crippen MR) is 38.5 cm³/mol. The molecular formula is C6H14N2O3. The van der Waals surface area contributed by atoms with Crippen LogP contribution in [0.5, 0.6) is 0 Å². The number of hydrogen-bond donors (Lipinski definition) is 4. The Labute approximate surface area is 64.9 Å². The molecule has 0 saturated carbocycles. The number of aliphatic hydroxyl groups is 2. The first-order valence-electron chi connectivity index (χ1n) is 3.57. The summed E-state index contributed by atoms with van der Waals surface area (Å²) in [5.41, 5.74) is 10.9. The summed E-state index contributed by atoms with van der Waals surface area (Å²) in [4.78, 5) is 0. The standard InChI is InChI=1S/C6H14N2O3/c1-2-3(7)5(9)4(8)6(10)11-2/h2-6,9-10H,7-8H2,1H3/t2-,3-,4-,5+,6-/m1/s1. The molecule has 1 saturated heterocycles. The number of hydrogen-bond acceptors (Lipinski definition) is 5. The summed E-state index contributed by atoms with van der Waals surface area (Å²) in [6.45, 7) is 1.68. The third-order valence-electron chi connectivity index (χ3n) is 2.01. The lowest BCUT2D eigenvalue weighted by Gasteiger charge is -2.38. The monoisotopic (exact) mass is 162 g/mol. The Kier molecular flexibility index (Phi) is 2.46. The van der Waals surface area contributed by atoms with Gasteiger partial charge in [0, 0.05) is 0 Å². The fourth-order valence-corrected chi connectivity index (χ4v) is 1.10. The van der Waals surface area contributed by atoms with Gasteiger partial charge >= 0.3 is 0 Å².